The van der Waals surface area contributed by atoms with E-state index in [1.165, 1.54) is 12.1 Å². The molecule has 1 aliphatic heterocycles. The van der Waals surface area contributed by atoms with E-state index in [0.29, 0.717) is 35.6 Å². The number of hydrogen-bond donors (Lipinski definition) is 4. The Morgan fingerprint density at radius 1 is 1.00 bits per heavy atom. The second kappa shape index (κ2) is 6.66. The Bertz CT molecular complexity index is 1190. The molecule has 2 aromatic carbocycles. The Balaban J connectivity index is 1.62. The summed E-state index contributed by atoms with van der Waals surface area (Å²) in [5.41, 5.74) is 4.49. The molecule has 4 N–H and O–H groups in total. The topological polar surface area (TPSA) is 116 Å². The lowest BCUT2D eigenvalue weighted by molar-refractivity contribution is -0.116. The summed E-state index contributed by atoms with van der Waals surface area (Å²) < 4.78 is 5.48. The van der Waals surface area contributed by atoms with Crippen molar-refractivity contribution in [1.82, 2.24) is 5.16 Å². The Hall–Kier alpha value is -3.74. The molecule has 0 fully saturated rings. The van der Waals surface area contributed by atoms with Crippen LogP contribution in [0.15, 0.2) is 58.3 Å². The van der Waals surface area contributed by atoms with Crippen LogP contribution in [0.2, 0.25) is 0 Å². The molecule has 0 saturated carbocycles. The van der Waals surface area contributed by atoms with Crippen molar-refractivity contribution in [3.05, 3.63) is 76.1 Å². The Labute approximate surface area is 172 Å². The number of aromatic nitrogens is 1. The van der Waals surface area contributed by atoms with Gasteiger partial charge in [0.25, 0.3) is 0 Å². The van der Waals surface area contributed by atoms with Crippen LogP contribution in [0.4, 0.5) is 5.88 Å². The number of aromatic hydroxyl groups is 3. The van der Waals surface area contributed by atoms with Gasteiger partial charge in [-0.3, -0.25) is 4.79 Å². The number of allylic oxidation sites excluding steroid dienone is 2. The summed E-state index contributed by atoms with van der Waals surface area (Å²) in [4.78, 5) is 13.3. The molecule has 3 aromatic rings. The molecule has 5 rings (SSSR count). The summed E-state index contributed by atoms with van der Waals surface area (Å²) in [6.45, 7) is 1.81. The van der Waals surface area contributed by atoms with Gasteiger partial charge in [0.15, 0.2) is 17.3 Å². The highest BCUT2D eigenvalue weighted by Gasteiger charge is 2.41. The molecule has 0 saturated heterocycles. The molecule has 1 aromatic heterocycles. The molecule has 2 atom stereocenters. The van der Waals surface area contributed by atoms with Crippen molar-refractivity contribution in [3.63, 3.8) is 0 Å². The molecule has 0 spiro atoms. The first-order valence-corrected chi connectivity index (χ1v) is 9.72. The minimum Gasteiger partial charge on any atom is -0.508 e. The number of anilines is 1. The quantitative estimate of drug-likeness (QED) is 0.476. The molecular weight excluding hydrogens is 384 g/mol. The van der Waals surface area contributed by atoms with E-state index in [4.69, 9.17) is 4.52 Å². The monoisotopic (exact) mass is 404 g/mol. The van der Waals surface area contributed by atoms with Gasteiger partial charge >= 0.3 is 0 Å². The zero-order valence-electron chi connectivity index (χ0n) is 16.2. The summed E-state index contributed by atoms with van der Waals surface area (Å²) in [5, 5.41) is 36.7. The zero-order valence-corrected chi connectivity index (χ0v) is 16.2. The largest absolute Gasteiger partial charge is 0.508 e. The lowest BCUT2D eigenvalue weighted by Gasteiger charge is -2.34. The smallest absolute Gasteiger partial charge is 0.233 e. The van der Waals surface area contributed by atoms with Crippen LogP contribution >= 0.6 is 0 Å². The number of phenolic OH excluding ortho intramolecular Hbond substituents is 3. The van der Waals surface area contributed by atoms with Crippen LogP contribution in [0, 0.1) is 6.92 Å². The van der Waals surface area contributed by atoms with E-state index in [1.54, 1.807) is 18.2 Å². The first kappa shape index (κ1) is 18.3. The van der Waals surface area contributed by atoms with Crippen LogP contribution in [-0.4, -0.2) is 26.3 Å². The highest BCUT2D eigenvalue weighted by molar-refractivity contribution is 6.01. The Morgan fingerprint density at radius 3 is 2.47 bits per heavy atom. The summed E-state index contributed by atoms with van der Waals surface area (Å²) >= 11 is 0. The van der Waals surface area contributed by atoms with E-state index in [2.05, 4.69) is 10.5 Å². The zero-order chi connectivity index (χ0) is 21.0. The average molecular weight is 404 g/mol. The third-order valence-electron chi connectivity index (χ3n) is 5.96. The summed E-state index contributed by atoms with van der Waals surface area (Å²) in [7, 11) is 0. The van der Waals surface area contributed by atoms with Gasteiger partial charge in [-0.1, -0.05) is 23.4 Å². The van der Waals surface area contributed by atoms with Crippen molar-refractivity contribution in [2.75, 3.05) is 5.32 Å². The van der Waals surface area contributed by atoms with Crippen molar-refractivity contribution in [2.24, 2.45) is 0 Å². The number of carbonyl (C=O) groups excluding carboxylic acids is 1. The standard InChI is InChI=1S/C23H20N2O5/c1-11-20-21(13-4-7-17(27)18(28)9-13)22-16(24-23(20)30-25-11)8-14(10-19(22)29)12-2-5-15(26)6-3-12/h2-7,9,14,21,24,26-28H,8,10H2,1H3/t14-,21+/m1/s1. The third-order valence-corrected chi connectivity index (χ3v) is 5.96. The Morgan fingerprint density at radius 2 is 1.73 bits per heavy atom. The minimum atomic E-state index is -0.442. The molecular formula is C23H20N2O5. The van der Waals surface area contributed by atoms with Crippen molar-refractivity contribution in [1.29, 1.82) is 0 Å². The molecule has 152 valence electrons. The van der Waals surface area contributed by atoms with Crippen LogP contribution in [0.1, 0.15) is 47.1 Å². The van der Waals surface area contributed by atoms with E-state index in [9.17, 15) is 20.1 Å². The second-order valence-electron chi connectivity index (χ2n) is 7.83. The number of Topliss-reactive ketones (excluding diaryl/α,β-unsaturated/α-hetero) is 1. The summed E-state index contributed by atoms with van der Waals surface area (Å²) in [5.74, 6) is -0.245. The van der Waals surface area contributed by atoms with Crippen LogP contribution < -0.4 is 5.32 Å². The molecule has 1 aliphatic carbocycles. The predicted octanol–water partition coefficient (Wildman–Crippen LogP) is 4.06. The number of ketones is 1. The van der Waals surface area contributed by atoms with Crippen LogP contribution in [0.3, 0.4) is 0 Å². The maximum atomic E-state index is 13.3. The van der Waals surface area contributed by atoms with Crippen molar-refractivity contribution in [3.8, 4) is 17.2 Å². The van der Waals surface area contributed by atoms with Gasteiger partial charge in [0.05, 0.1) is 11.3 Å². The van der Waals surface area contributed by atoms with E-state index >= 15 is 0 Å². The highest BCUT2D eigenvalue weighted by atomic mass is 16.5. The molecule has 2 aliphatic rings. The van der Waals surface area contributed by atoms with E-state index in [0.717, 1.165) is 16.8 Å². The number of phenols is 3. The first-order valence-electron chi connectivity index (χ1n) is 9.72. The predicted molar refractivity (Wildman–Crippen MR) is 109 cm³/mol. The minimum absolute atomic E-state index is 0.00522. The number of hydrogen-bond acceptors (Lipinski definition) is 7. The molecule has 0 unspecified atom stereocenters. The van der Waals surface area contributed by atoms with Crippen LogP contribution in [0.5, 0.6) is 17.2 Å². The number of fused-ring (bicyclic) bond motifs is 1. The first-order chi connectivity index (χ1) is 14.4. The molecule has 2 heterocycles. The molecule has 7 heteroatoms. The molecule has 7 nitrogen and oxygen atoms in total. The molecule has 0 bridgehead atoms. The summed E-state index contributed by atoms with van der Waals surface area (Å²) in [6, 6.07) is 11.5. The number of carbonyl (C=O) groups is 1. The fourth-order valence-electron chi connectivity index (χ4n) is 4.51. The lowest BCUT2D eigenvalue weighted by Crippen LogP contribution is -2.29. The maximum absolute atomic E-state index is 13.3. The van der Waals surface area contributed by atoms with Crippen molar-refractivity contribution < 1.29 is 24.6 Å². The number of aryl methyl sites for hydroxylation is 1. The number of nitrogens with zero attached hydrogens (tertiary/aromatic N) is 1. The van der Waals surface area contributed by atoms with E-state index < -0.39 is 5.92 Å². The van der Waals surface area contributed by atoms with Crippen molar-refractivity contribution in [2.45, 2.75) is 31.6 Å². The lowest BCUT2D eigenvalue weighted by atomic mass is 9.72. The van der Waals surface area contributed by atoms with Gasteiger partial charge in [-0.05, 0) is 54.7 Å². The van der Waals surface area contributed by atoms with Gasteiger partial charge in [-0.25, -0.2) is 0 Å². The van der Waals surface area contributed by atoms with Crippen molar-refractivity contribution >= 4 is 11.7 Å². The van der Waals surface area contributed by atoms with Gasteiger partial charge in [0.2, 0.25) is 5.88 Å². The van der Waals surface area contributed by atoms with E-state index in [-0.39, 0.29) is 28.9 Å². The van der Waals surface area contributed by atoms with E-state index in [1.807, 2.05) is 19.1 Å². The fraction of sp³-hybridized carbons (Fsp3) is 0.217. The van der Waals surface area contributed by atoms with Gasteiger partial charge in [0.1, 0.15) is 5.75 Å². The van der Waals surface area contributed by atoms with Gasteiger partial charge in [-0.2, -0.15) is 0 Å². The molecule has 0 radical (unpaired) electrons. The average Bonchev–Trinajstić information content (AvgIpc) is 3.09. The summed E-state index contributed by atoms with van der Waals surface area (Å²) in [6.07, 6.45) is 0.942. The highest BCUT2D eigenvalue weighted by Crippen LogP contribution is 2.49. The fourth-order valence-corrected chi connectivity index (χ4v) is 4.51. The number of benzene rings is 2. The SMILES string of the molecule is Cc1noc2c1[C@H](c1ccc(O)c(O)c1)C1=C(C[C@@H](c3ccc(O)cc3)CC1=O)N2. The van der Waals surface area contributed by atoms with Crippen LogP contribution in [0.25, 0.3) is 0 Å². The molecule has 30 heavy (non-hydrogen) atoms. The normalized spacial score (nSPS) is 20.5. The third kappa shape index (κ3) is 2.82. The van der Waals surface area contributed by atoms with Gasteiger partial charge in [0, 0.05) is 23.6 Å². The maximum Gasteiger partial charge on any atom is 0.233 e. The number of nitrogens with one attached hydrogen (secondary N) is 1. The molecule has 0 amide bonds. The second-order valence-corrected chi connectivity index (χ2v) is 7.83. The van der Waals surface area contributed by atoms with Gasteiger partial charge in [-0.15, -0.1) is 0 Å². The number of rotatable bonds is 2. The van der Waals surface area contributed by atoms with Crippen LogP contribution in [-0.2, 0) is 4.79 Å². The Kier molecular flexibility index (Phi) is 4.06. The van der Waals surface area contributed by atoms with Gasteiger partial charge < -0.3 is 25.2 Å².